The molecule has 104 valence electrons. The van der Waals surface area contributed by atoms with E-state index in [0.717, 1.165) is 6.07 Å². The van der Waals surface area contributed by atoms with Gasteiger partial charge in [0.1, 0.15) is 5.71 Å². The van der Waals surface area contributed by atoms with Crippen molar-refractivity contribution in [1.82, 2.24) is 5.43 Å². The smallest absolute Gasteiger partial charge is 0.271 e. The van der Waals surface area contributed by atoms with Gasteiger partial charge in [-0.3, -0.25) is 19.7 Å². The number of hydrazone groups is 1. The molecule has 2 N–H and O–H groups in total. The molecule has 1 aliphatic rings. The molecule has 1 aromatic rings. The third-order valence-electron chi connectivity index (χ3n) is 2.58. The maximum absolute atomic E-state index is 11.9. The highest BCUT2D eigenvalue weighted by Crippen LogP contribution is 2.26. The minimum absolute atomic E-state index is 0.0491. The Morgan fingerprint density at radius 3 is 2.75 bits per heavy atom. The highest BCUT2D eigenvalue weighted by Gasteiger charge is 2.19. The molecular formula is C11H9ClN4O4. The van der Waals surface area contributed by atoms with Crippen molar-refractivity contribution in [1.29, 1.82) is 0 Å². The van der Waals surface area contributed by atoms with E-state index in [4.69, 9.17) is 11.6 Å². The Labute approximate surface area is 117 Å². The molecule has 1 aromatic carbocycles. The first-order valence-corrected chi connectivity index (χ1v) is 5.96. The topological polar surface area (TPSA) is 114 Å². The van der Waals surface area contributed by atoms with Crippen LogP contribution in [0.25, 0.3) is 0 Å². The third kappa shape index (κ3) is 3.09. The maximum Gasteiger partial charge on any atom is 0.271 e. The summed E-state index contributed by atoms with van der Waals surface area (Å²) in [5, 5.41) is 16.7. The predicted octanol–water partition coefficient (Wildman–Crippen LogP) is 1.45. The number of nitrogens with zero attached hydrogens (tertiary/aromatic N) is 2. The standard InChI is InChI=1S/C11H9ClN4O4/c12-7-5-6(16(19)20)1-2-8(7)13-11(18)9-3-4-10(17)15-14-9/h1-2,5H,3-4H2,(H,13,18)(H,15,17). The van der Waals surface area contributed by atoms with E-state index < -0.39 is 10.8 Å². The van der Waals surface area contributed by atoms with Crippen LogP contribution >= 0.6 is 11.6 Å². The van der Waals surface area contributed by atoms with Crippen LogP contribution in [0.15, 0.2) is 23.3 Å². The van der Waals surface area contributed by atoms with Crippen LogP contribution < -0.4 is 10.7 Å². The fourth-order valence-electron chi connectivity index (χ4n) is 1.55. The van der Waals surface area contributed by atoms with Crippen molar-refractivity contribution in [2.24, 2.45) is 5.10 Å². The average Bonchev–Trinajstić information content (AvgIpc) is 2.41. The number of carbonyl (C=O) groups excluding carboxylic acids is 2. The lowest BCUT2D eigenvalue weighted by molar-refractivity contribution is -0.384. The molecule has 8 nitrogen and oxygen atoms in total. The minimum Gasteiger partial charge on any atom is -0.320 e. The number of hydrogen-bond donors (Lipinski definition) is 2. The molecule has 2 amide bonds. The molecule has 20 heavy (non-hydrogen) atoms. The Kier molecular flexibility index (Phi) is 3.94. The van der Waals surface area contributed by atoms with Crippen LogP contribution in [-0.4, -0.2) is 22.4 Å². The van der Waals surface area contributed by atoms with E-state index in [1.165, 1.54) is 12.1 Å². The van der Waals surface area contributed by atoms with Gasteiger partial charge >= 0.3 is 0 Å². The van der Waals surface area contributed by atoms with Gasteiger partial charge in [0.2, 0.25) is 5.91 Å². The van der Waals surface area contributed by atoms with Gasteiger partial charge in [0, 0.05) is 25.0 Å². The summed E-state index contributed by atoms with van der Waals surface area (Å²) in [6, 6.07) is 3.70. The molecule has 0 fully saturated rings. The molecule has 0 aliphatic carbocycles. The van der Waals surface area contributed by atoms with Gasteiger partial charge in [-0.25, -0.2) is 5.43 Å². The van der Waals surface area contributed by atoms with Crippen LogP contribution in [0, 0.1) is 10.1 Å². The van der Waals surface area contributed by atoms with Gasteiger partial charge in [-0.1, -0.05) is 11.6 Å². The maximum atomic E-state index is 11.9. The molecule has 0 bridgehead atoms. The molecule has 0 saturated carbocycles. The summed E-state index contributed by atoms with van der Waals surface area (Å²) >= 11 is 5.85. The van der Waals surface area contributed by atoms with E-state index in [2.05, 4.69) is 15.8 Å². The number of rotatable bonds is 3. The summed E-state index contributed by atoms with van der Waals surface area (Å²) in [6.45, 7) is 0. The zero-order valence-corrected chi connectivity index (χ0v) is 10.8. The number of nitrogens with one attached hydrogen (secondary N) is 2. The highest BCUT2D eigenvalue weighted by atomic mass is 35.5. The lowest BCUT2D eigenvalue weighted by Crippen LogP contribution is -2.32. The van der Waals surface area contributed by atoms with Crippen LogP contribution in [0.2, 0.25) is 5.02 Å². The van der Waals surface area contributed by atoms with Crippen molar-refractivity contribution in [3.8, 4) is 0 Å². The Hall–Kier alpha value is -2.48. The lowest BCUT2D eigenvalue weighted by Gasteiger charge is -2.12. The van der Waals surface area contributed by atoms with Gasteiger partial charge in [-0.15, -0.1) is 0 Å². The second-order valence-corrected chi connectivity index (χ2v) is 4.38. The van der Waals surface area contributed by atoms with E-state index in [1.807, 2.05) is 0 Å². The largest absolute Gasteiger partial charge is 0.320 e. The molecule has 0 radical (unpaired) electrons. The molecule has 1 aliphatic heterocycles. The molecule has 1 heterocycles. The summed E-state index contributed by atoms with van der Waals surface area (Å²) < 4.78 is 0. The SMILES string of the molecule is O=C1CCC(C(=O)Nc2ccc([N+](=O)[O-])cc2Cl)=NN1. The number of benzene rings is 1. The van der Waals surface area contributed by atoms with Crippen molar-refractivity contribution in [2.75, 3.05) is 5.32 Å². The number of carbonyl (C=O) groups is 2. The van der Waals surface area contributed by atoms with Gasteiger partial charge < -0.3 is 5.32 Å². The molecular weight excluding hydrogens is 288 g/mol. The van der Waals surface area contributed by atoms with E-state index in [9.17, 15) is 19.7 Å². The Balaban J connectivity index is 2.12. The number of amides is 2. The highest BCUT2D eigenvalue weighted by molar-refractivity contribution is 6.44. The minimum atomic E-state index is -0.585. The Bertz CT molecular complexity index is 629. The predicted molar refractivity (Wildman–Crippen MR) is 71.5 cm³/mol. The Morgan fingerprint density at radius 2 is 2.20 bits per heavy atom. The zero-order chi connectivity index (χ0) is 14.7. The number of hydrogen-bond acceptors (Lipinski definition) is 5. The van der Waals surface area contributed by atoms with Crippen LogP contribution in [0.3, 0.4) is 0 Å². The summed E-state index contributed by atoms with van der Waals surface area (Å²) in [7, 11) is 0. The summed E-state index contributed by atoms with van der Waals surface area (Å²) in [5.41, 5.74) is 2.44. The number of halogens is 1. The first-order chi connectivity index (χ1) is 9.47. The van der Waals surface area contributed by atoms with Gasteiger partial charge in [0.25, 0.3) is 11.6 Å². The van der Waals surface area contributed by atoms with E-state index in [0.29, 0.717) is 0 Å². The van der Waals surface area contributed by atoms with Crippen LogP contribution in [0.4, 0.5) is 11.4 Å². The van der Waals surface area contributed by atoms with Crippen LogP contribution in [0.1, 0.15) is 12.8 Å². The van der Waals surface area contributed by atoms with Gasteiger partial charge in [0.15, 0.2) is 0 Å². The van der Waals surface area contributed by atoms with Crippen molar-refractivity contribution >= 4 is 40.5 Å². The molecule has 0 saturated heterocycles. The summed E-state index contributed by atoms with van der Waals surface area (Å²) in [5.74, 6) is -0.768. The number of non-ortho nitro benzene ring substituents is 1. The average molecular weight is 297 g/mol. The molecule has 9 heteroatoms. The fraction of sp³-hybridized carbons (Fsp3) is 0.182. The number of nitro groups is 1. The van der Waals surface area contributed by atoms with Crippen LogP contribution in [0.5, 0.6) is 0 Å². The van der Waals surface area contributed by atoms with Crippen molar-refractivity contribution < 1.29 is 14.5 Å². The lowest BCUT2D eigenvalue weighted by atomic mass is 10.1. The first kappa shape index (κ1) is 13.9. The summed E-state index contributed by atoms with van der Waals surface area (Å²) in [6.07, 6.45) is 0.405. The third-order valence-corrected chi connectivity index (χ3v) is 2.89. The monoisotopic (exact) mass is 296 g/mol. The van der Waals surface area contributed by atoms with Gasteiger partial charge in [-0.05, 0) is 6.07 Å². The van der Waals surface area contributed by atoms with Gasteiger partial charge in [-0.2, -0.15) is 5.10 Å². The number of nitro benzene ring substituents is 1. The molecule has 0 atom stereocenters. The Morgan fingerprint density at radius 1 is 1.45 bits per heavy atom. The zero-order valence-electron chi connectivity index (χ0n) is 10.1. The summed E-state index contributed by atoms with van der Waals surface area (Å²) in [4.78, 5) is 32.7. The van der Waals surface area contributed by atoms with Crippen molar-refractivity contribution in [2.45, 2.75) is 12.8 Å². The van der Waals surface area contributed by atoms with E-state index in [-0.39, 0.29) is 40.9 Å². The van der Waals surface area contributed by atoms with E-state index in [1.54, 1.807) is 0 Å². The first-order valence-electron chi connectivity index (χ1n) is 5.58. The normalized spacial score (nSPS) is 14.2. The number of anilines is 1. The van der Waals surface area contributed by atoms with Crippen molar-refractivity contribution in [3.63, 3.8) is 0 Å². The molecule has 0 spiro atoms. The fourth-order valence-corrected chi connectivity index (χ4v) is 1.77. The van der Waals surface area contributed by atoms with E-state index >= 15 is 0 Å². The van der Waals surface area contributed by atoms with Crippen molar-refractivity contribution in [3.05, 3.63) is 33.3 Å². The molecule has 0 aromatic heterocycles. The second-order valence-electron chi connectivity index (χ2n) is 3.97. The van der Waals surface area contributed by atoms with Crippen LogP contribution in [-0.2, 0) is 9.59 Å². The van der Waals surface area contributed by atoms with Gasteiger partial charge in [0.05, 0.1) is 15.6 Å². The second kappa shape index (κ2) is 5.66. The quantitative estimate of drug-likeness (QED) is 0.649. The molecule has 0 unspecified atom stereocenters. The molecule has 2 rings (SSSR count).